The number of hydrogen-bond acceptors (Lipinski definition) is 3. The third-order valence-electron chi connectivity index (χ3n) is 3.36. The Morgan fingerprint density at radius 2 is 2.05 bits per heavy atom. The van der Waals surface area contributed by atoms with Crippen molar-refractivity contribution in [3.8, 4) is 0 Å². The lowest BCUT2D eigenvalue weighted by molar-refractivity contribution is 0.587. The lowest BCUT2D eigenvalue weighted by atomic mass is 10.2. The van der Waals surface area contributed by atoms with Crippen molar-refractivity contribution in [1.29, 1.82) is 0 Å². The Morgan fingerprint density at radius 1 is 1.27 bits per heavy atom. The second-order valence-electron chi connectivity index (χ2n) is 5.04. The van der Waals surface area contributed by atoms with Gasteiger partial charge < -0.3 is 4.98 Å². The Hall–Kier alpha value is -1.92. The number of aromatic amines is 1. The first-order valence-corrected chi connectivity index (χ1v) is 8.51. The summed E-state index contributed by atoms with van der Waals surface area (Å²) in [6.45, 7) is 1.75. The Labute approximate surface area is 131 Å². The van der Waals surface area contributed by atoms with Gasteiger partial charge in [-0.25, -0.2) is 17.8 Å². The Morgan fingerprint density at radius 3 is 2.77 bits per heavy atom. The number of benzene rings is 1. The van der Waals surface area contributed by atoms with E-state index in [2.05, 4.69) is 9.97 Å². The van der Waals surface area contributed by atoms with Crippen molar-refractivity contribution in [3.05, 3.63) is 58.6 Å². The molecule has 7 heteroatoms. The van der Waals surface area contributed by atoms with Crippen LogP contribution in [0.5, 0.6) is 0 Å². The number of sulfone groups is 1. The maximum absolute atomic E-state index is 13.9. The van der Waals surface area contributed by atoms with E-state index in [4.69, 9.17) is 11.6 Å². The molecule has 0 atom stereocenters. The number of nitrogens with one attached hydrogen (secondary N) is 1. The van der Waals surface area contributed by atoms with Gasteiger partial charge in [-0.2, -0.15) is 0 Å². The number of H-pyrrole nitrogens is 1. The van der Waals surface area contributed by atoms with Crippen LogP contribution in [0.2, 0.25) is 5.15 Å². The van der Waals surface area contributed by atoms with Crippen molar-refractivity contribution in [2.24, 2.45) is 0 Å². The molecule has 1 N–H and O–H groups in total. The number of aromatic nitrogens is 2. The molecule has 2 heterocycles. The lowest BCUT2D eigenvalue weighted by Gasteiger charge is -2.05. The molecule has 0 radical (unpaired) electrons. The summed E-state index contributed by atoms with van der Waals surface area (Å²) >= 11 is 5.78. The Bertz CT molecular complexity index is 967. The first-order chi connectivity index (χ1) is 10.4. The van der Waals surface area contributed by atoms with E-state index in [-0.39, 0.29) is 15.6 Å². The van der Waals surface area contributed by atoms with Gasteiger partial charge in [0.25, 0.3) is 0 Å². The average molecular weight is 339 g/mol. The van der Waals surface area contributed by atoms with Crippen LogP contribution in [-0.4, -0.2) is 18.4 Å². The summed E-state index contributed by atoms with van der Waals surface area (Å²) in [5.41, 5.74) is 1.27. The van der Waals surface area contributed by atoms with E-state index in [9.17, 15) is 12.8 Å². The van der Waals surface area contributed by atoms with E-state index >= 15 is 0 Å². The van der Waals surface area contributed by atoms with Crippen LogP contribution in [0.1, 0.15) is 11.1 Å². The van der Waals surface area contributed by atoms with Crippen LogP contribution in [0, 0.1) is 12.7 Å². The lowest BCUT2D eigenvalue weighted by Crippen LogP contribution is -2.06. The van der Waals surface area contributed by atoms with Crippen molar-refractivity contribution in [3.63, 3.8) is 0 Å². The largest absolute Gasteiger partial charge is 0.345 e. The van der Waals surface area contributed by atoms with Gasteiger partial charge in [-0.1, -0.05) is 23.7 Å². The van der Waals surface area contributed by atoms with Crippen LogP contribution in [0.25, 0.3) is 11.0 Å². The number of aryl methyl sites for hydroxylation is 1. The van der Waals surface area contributed by atoms with Crippen LogP contribution < -0.4 is 0 Å². The van der Waals surface area contributed by atoms with E-state index < -0.39 is 21.4 Å². The molecule has 22 heavy (non-hydrogen) atoms. The molecule has 4 nitrogen and oxygen atoms in total. The molecule has 114 valence electrons. The minimum atomic E-state index is -3.70. The van der Waals surface area contributed by atoms with Crippen molar-refractivity contribution in [2.75, 3.05) is 0 Å². The van der Waals surface area contributed by atoms with Gasteiger partial charge in [-0.05, 0) is 30.7 Å². The topological polar surface area (TPSA) is 62.8 Å². The van der Waals surface area contributed by atoms with Gasteiger partial charge in [0.1, 0.15) is 16.6 Å². The van der Waals surface area contributed by atoms with E-state index in [1.54, 1.807) is 19.1 Å². The third kappa shape index (κ3) is 2.71. The zero-order valence-corrected chi connectivity index (χ0v) is 13.2. The summed E-state index contributed by atoms with van der Waals surface area (Å²) in [5, 5.41) is 0.708. The van der Waals surface area contributed by atoms with Crippen molar-refractivity contribution in [2.45, 2.75) is 17.6 Å². The fourth-order valence-electron chi connectivity index (χ4n) is 2.27. The van der Waals surface area contributed by atoms with Crippen molar-refractivity contribution >= 4 is 32.5 Å². The minimum Gasteiger partial charge on any atom is -0.345 e. The highest BCUT2D eigenvalue weighted by molar-refractivity contribution is 7.90. The van der Waals surface area contributed by atoms with Gasteiger partial charge in [-0.3, -0.25) is 0 Å². The quantitative estimate of drug-likeness (QED) is 0.742. The van der Waals surface area contributed by atoms with E-state index in [1.807, 2.05) is 0 Å². The summed E-state index contributed by atoms with van der Waals surface area (Å²) in [4.78, 5) is 6.88. The fourth-order valence-corrected chi connectivity index (χ4v) is 3.95. The summed E-state index contributed by atoms with van der Waals surface area (Å²) in [5.74, 6) is -0.932. The van der Waals surface area contributed by atoms with Crippen LogP contribution in [0.4, 0.5) is 4.39 Å². The number of rotatable bonds is 3. The summed E-state index contributed by atoms with van der Waals surface area (Å²) in [6, 6.07) is 7.60. The molecular formula is C15H12ClFN2O2S. The van der Waals surface area contributed by atoms with Crippen molar-refractivity contribution < 1.29 is 12.8 Å². The standard InChI is InChI=1S/C15H12ClFN2O2S/c1-9-2-3-10(12(17)6-9)8-22(20,21)13-7-18-15-11(13)4-5-14(16)19-15/h2-7H,8H2,1H3,(H,18,19). The zero-order valence-electron chi connectivity index (χ0n) is 11.6. The van der Waals surface area contributed by atoms with Crippen LogP contribution in [0.15, 0.2) is 41.4 Å². The molecule has 0 bridgehead atoms. The maximum atomic E-state index is 13.9. The molecule has 1 aromatic carbocycles. The van der Waals surface area contributed by atoms with Crippen molar-refractivity contribution in [1.82, 2.24) is 9.97 Å². The fraction of sp³-hybridized carbons (Fsp3) is 0.133. The molecule has 0 spiro atoms. The number of halogens is 2. The second kappa shape index (κ2) is 5.37. The molecule has 0 saturated heterocycles. The molecule has 0 unspecified atom stereocenters. The van der Waals surface area contributed by atoms with E-state index in [1.165, 1.54) is 24.4 Å². The monoisotopic (exact) mass is 338 g/mol. The molecule has 2 aromatic heterocycles. The molecule has 3 rings (SSSR count). The normalized spacial score (nSPS) is 12.0. The SMILES string of the molecule is Cc1ccc(CS(=O)(=O)c2c[nH]c3nc(Cl)ccc23)c(F)c1. The molecule has 0 fully saturated rings. The Kier molecular flexibility index (Phi) is 3.66. The summed E-state index contributed by atoms with van der Waals surface area (Å²) in [6.07, 6.45) is 1.36. The highest BCUT2D eigenvalue weighted by Crippen LogP contribution is 2.26. The first kappa shape index (κ1) is 15.0. The Balaban J connectivity index is 2.05. The molecule has 0 aliphatic rings. The van der Waals surface area contributed by atoms with Gasteiger partial charge in [0.05, 0.1) is 10.6 Å². The summed E-state index contributed by atoms with van der Waals surface area (Å²) in [7, 11) is -3.70. The predicted molar refractivity (Wildman–Crippen MR) is 83.1 cm³/mol. The van der Waals surface area contributed by atoms with Gasteiger partial charge in [-0.15, -0.1) is 0 Å². The second-order valence-corrected chi connectivity index (χ2v) is 7.38. The maximum Gasteiger partial charge on any atom is 0.184 e. The van der Waals surface area contributed by atoms with Gasteiger partial charge in [0.2, 0.25) is 0 Å². The zero-order chi connectivity index (χ0) is 15.9. The number of fused-ring (bicyclic) bond motifs is 1. The number of pyridine rings is 1. The summed E-state index contributed by atoms with van der Waals surface area (Å²) < 4.78 is 39.0. The molecule has 0 aliphatic carbocycles. The molecule has 0 aliphatic heterocycles. The van der Waals surface area contributed by atoms with Crippen LogP contribution >= 0.6 is 11.6 Å². The first-order valence-electron chi connectivity index (χ1n) is 6.48. The van der Waals surface area contributed by atoms with Crippen LogP contribution in [-0.2, 0) is 15.6 Å². The minimum absolute atomic E-state index is 0.0895. The smallest absolute Gasteiger partial charge is 0.184 e. The molecule has 0 saturated carbocycles. The van der Waals surface area contributed by atoms with Gasteiger partial charge >= 0.3 is 0 Å². The average Bonchev–Trinajstić information content (AvgIpc) is 2.85. The highest BCUT2D eigenvalue weighted by atomic mass is 35.5. The predicted octanol–water partition coefficient (Wildman–Crippen LogP) is 3.64. The van der Waals surface area contributed by atoms with Gasteiger partial charge in [0.15, 0.2) is 9.84 Å². The molecule has 0 amide bonds. The number of hydrogen-bond donors (Lipinski definition) is 1. The van der Waals surface area contributed by atoms with Crippen LogP contribution in [0.3, 0.4) is 0 Å². The number of nitrogens with zero attached hydrogens (tertiary/aromatic N) is 1. The van der Waals surface area contributed by atoms with E-state index in [0.717, 1.165) is 5.56 Å². The third-order valence-corrected chi connectivity index (χ3v) is 5.27. The van der Waals surface area contributed by atoms with Gasteiger partial charge in [0, 0.05) is 17.1 Å². The molecule has 3 aromatic rings. The van der Waals surface area contributed by atoms with E-state index in [0.29, 0.717) is 11.0 Å². The highest BCUT2D eigenvalue weighted by Gasteiger charge is 2.22. The molecular weight excluding hydrogens is 327 g/mol.